The van der Waals surface area contributed by atoms with E-state index in [2.05, 4.69) is 10.6 Å². The molecule has 0 radical (unpaired) electrons. The van der Waals surface area contributed by atoms with E-state index in [4.69, 9.17) is 9.47 Å². The first-order chi connectivity index (χ1) is 8.80. The van der Waals surface area contributed by atoms with Crippen molar-refractivity contribution >= 4 is 18.3 Å². The van der Waals surface area contributed by atoms with Gasteiger partial charge in [0.15, 0.2) is 0 Å². The average molecular weight is 291 g/mol. The molecule has 5 nitrogen and oxygen atoms in total. The molecule has 0 aromatic heterocycles. The van der Waals surface area contributed by atoms with Crippen LogP contribution >= 0.6 is 12.4 Å². The van der Waals surface area contributed by atoms with Gasteiger partial charge in [0.05, 0.1) is 25.9 Å². The molecule has 110 valence electrons. The molecule has 2 atom stereocenters. The summed E-state index contributed by atoms with van der Waals surface area (Å²) in [7, 11) is 0. The van der Waals surface area contributed by atoms with E-state index in [9.17, 15) is 4.79 Å². The van der Waals surface area contributed by atoms with E-state index in [1.54, 1.807) is 0 Å². The maximum absolute atomic E-state index is 12.1. The van der Waals surface area contributed by atoms with Crippen molar-refractivity contribution in [3.05, 3.63) is 0 Å². The molecule has 0 aromatic carbocycles. The summed E-state index contributed by atoms with van der Waals surface area (Å²) in [6.45, 7) is 4.61. The van der Waals surface area contributed by atoms with Crippen LogP contribution in [0.2, 0.25) is 0 Å². The van der Waals surface area contributed by atoms with Gasteiger partial charge in [0, 0.05) is 12.5 Å². The van der Waals surface area contributed by atoms with Crippen LogP contribution in [0.5, 0.6) is 0 Å². The lowest BCUT2D eigenvalue weighted by Gasteiger charge is -2.25. The first-order valence-corrected chi connectivity index (χ1v) is 6.98. The molecule has 6 heteroatoms. The van der Waals surface area contributed by atoms with Crippen LogP contribution in [0.15, 0.2) is 0 Å². The Morgan fingerprint density at radius 1 is 1.32 bits per heavy atom. The Bertz CT molecular complexity index is 315. The minimum absolute atomic E-state index is 0. The van der Waals surface area contributed by atoms with Gasteiger partial charge >= 0.3 is 0 Å². The molecule has 3 fully saturated rings. The van der Waals surface area contributed by atoms with E-state index in [1.807, 2.05) is 0 Å². The SMILES string of the molecule is Cl.O=C(NCC1COCCO1)C1CC12CCNCC2. The fourth-order valence-corrected chi connectivity index (χ4v) is 3.19. The van der Waals surface area contributed by atoms with Gasteiger partial charge in [-0.25, -0.2) is 0 Å². The van der Waals surface area contributed by atoms with Crippen LogP contribution in [0.25, 0.3) is 0 Å². The first kappa shape index (κ1) is 15.0. The fourth-order valence-electron chi connectivity index (χ4n) is 3.19. The Morgan fingerprint density at radius 2 is 2.11 bits per heavy atom. The molecule has 1 aliphatic carbocycles. The van der Waals surface area contributed by atoms with Crippen LogP contribution in [0.4, 0.5) is 0 Å². The van der Waals surface area contributed by atoms with E-state index in [1.165, 1.54) is 0 Å². The molecule has 2 saturated heterocycles. The van der Waals surface area contributed by atoms with E-state index in [0.29, 0.717) is 31.8 Å². The molecule has 2 unspecified atom stereocenters. The van der Waals surface area contributed by atoms with Gasteiger partial charge in [0.25, 0.3) is 0 Å². The lowest BCUT2D eigenvalue weighted by atomic mass is 9.92. The van der Waals surface area contributed by atoms with Crippen LogP contribution in [0.1, 0.15) is 19.3 Å². The monoisotopic (exact) mass is 290 g/mol. The number of hydrogen-bond donors (Lipinski definition) is 2. The maximum atomic E-state index is 12.1. The van der Waals surface area contributed by atoms with Crippen LogP contribution in [-0.4, -0.2) is 51.5 Å². The number of carbonyl (C=O) groups is 1. The van der Waals surface area contributed by atoms with Crippen LogP contribution in [-0.2, 0) is 14.3 Å². The zero-order chi connectivity index (χ0) is 12.4. The molecule has 1 spiro atoms. The largest absolute Gasteiger partial charge is 0.376 e. The average Bonchev–Trinajstić information content (AvgIpc) is 3.12. The molecule has 0 bridgehead atoms. The van der Waals surface area contributed by atoms with E-state index in [0.717, 1.165) is 32.4 Å². The Kier molecular flexibility index (Phi) is 5.06. The van der Waals surface area contributed by atoms with Gasteiger partial charge < -0.3 is 20.1 Å². The normalized spacial score (nSPS) is 32.4. The Balaban J connectivity index is 0.00000133. The second-order valence-corrected chi connectivity index (χ2v) is 5.68. The number of amides is 1. The predicted molar refractivity (Wildman–Crippen MR) is 73.5 cm³/mol. The highest BCUT2D eigenvalue weighted by Gasteiger charge is 2.57. The maximum Gasteiger partial charge on any atom is 0.223 e. The summed E-state index contributed by atoms with van der Waals surface area (Å²) in [5.74, 6) is 0.454. The molecule has 19 heavy (non-hydrogen) atoms. The van der Waals surface area contributed by atoms with Crippen molar-refractivity contribution in [2.45, 2.75) is 25.4 Å². The summed E-state index contributed by atoms with van der Waals surface area (Å²) < 4.78 is 10.8. The summed E-state index contributed by atoms with van der Waals surface area (Å²) in [4.78, 5) is 12.1. The Labute approximate surface area is 120 Å². The quantitative estimate of drug-likeness (QED) is 0.786. The van der Waals surface area contributed by atoms with Crippen molar-refractivity contribution in [2.75, 3.05) is 39.5 Å². The molecular weight excluding hydrogens is 268 g/mol. The number of carbonyl (C=O) groups excluding carboxylic acids is 1. The standard InChI is InChI=1S/C13H22N2O3.ClH/c16-12(15-8-10-9-17-5-6-18-10)11-7-13(11)1-3-14-4-2-13;/h10-11,14H,1-9H2,(H,15,16);1H. The number of halogens is 1. The number of nitrogens with one attached hydrogen (secondary N) is 2. The van der Waals surface area contributed by atoms with Gasteiger partial charge in [0.1, 0.15) is 0 Å². The molecular formula is C13H23ClN2O3. The molecule has 0 aromatic rings. The third-order valence-electron chi connectivity index (χ3n) is 4.49. The third-order valence-corrected chi connectivity index (χ3v) is 4.49. The summed E-state index contributed by atoms with van der Waals surface area (Å²) >= 11 is 0. The summed E-state index contributed by atoms with van der Waals surface area (Å²) in [5.41, 5.74) is 0.319. The zero-order valence-electron chi connectivity index (χ0n) is 11.2. The third kappa shape index (κ3) is 3.40. The minimum Gasteiger partial charge on any atom is -0.376 e. The Hall–Kier alpha value is -0.360. The van der Waals surface area contributed by atoms with Crippen molar-refractivity contribution in [1.29, 1.82) is 0 Å². The first-order valence-electron chi connectivity index (χ1n) is 6.98. The predicted octanol–water partition coefficient (Wildman–Crippen LogP) is 0.329. The van der Waals surface area contributed by atoms with Crippen molar-refractivity contribution in [1.82, 2.24) is 10.6 Å². The molecule has 1 saturated carbocycles. The van der Waals surface area contributed by atoms with E-state index >= 15 is 0 Å². The number of piperidine rings is 1. The number of rotatable bonds is 3. The molecule has 2 N–H and O–H groups in total. The van der Waals surface area contributed by atoms with Crippen molar-refractivity contribution in [2.24, 2.45) is 11.3 Å². The smallest absolute Gasteiger partial charge is 0.223 e. The highest BCUT2D eigenvalue weighted by atomic mass is 35.5. The van der Waals surface area contributed by atoms with Crippen LogP contribution in [0.3, 0.4) is 0 Å². The van der Waals surface area contributed by atoms with Crippen LogP contribution in [0, 0.1) is 11.3 Å². The molecule has 2 aliphatic heterocycles. The highest BCUT2D eigenvalue weighted by molar-refractivity contribution is 5.85. The van der Waals surface area contributed by atoms with Crippen molar-refractivity contribution in [3.63, 3.8) is 0 Å². The molecule has 2 heterocycles. The number of hydrogen-bond acceptors (Lipinski definition) is 4. The second-order valence-electron chi connectivity index (χ2n) is 5.68. The van der Waals surface area contributed by atoms with Gasteiger partial charge in [-0.2, -0.15) is 0 Å². The highest BCUT2D eigenvalue weighted by Crippen LogP contribution is 2.58. The summed E-state index contributed by atoms with van der Waals surface area (Å²) in [5, 5.41) is 6.38. The second kappa shape index (κ2) is 6.39. The fraction of sp³-hybridized carbons (Fsp3) is 0.923. The topological polar surface area (TPSA) is 59.6 Å². The van der Waals surface area contributed by atoms with Crippen molar-refractivity contribution in [3.8, 4) is 0 Å². The van der Waals surface area contributed by atoms with E-state index in [-0.39, 0.29) is 30.3 Å². The zero-order valence-corrected chi connectivity index (χ0v) is 12.0. The lowest BCUT2D eigenvalue weighted by Crippen LogP contribution is -2.41. The van der Waals surface area contributed by atoms with Gasteiger partial charge in [-0.1, -0.05) is 0 Å². The van der Waals surface area contributed by atoms with Crippen LogP contribution < -0.4 is 10.6 Å². The van der Waals surface area contributed by atoms with Gasteiger partial charge in [-0.15, -0.1) is 12.4 Å². The van der Waals surface area contributed by atoms with Gasteiger partial charge in [-0.3, -0.25) is 4.79 Å². The number of ether oxygens (including phenoxy) is 2. The van der Waals surface area contributed by atoms with Crippen molar-refractivity contribution < 1.29 is 14.3 Å². The Morgan fingerprint density at radius 3 is 2.79 bits per heavy atom. The summed E-state index contributed by atoms with van der Waals surface area (Å²) in [6.07, 6.45) is 3.40. The summed E-state index contributed by atoms with van der Waals surface area (Å²) in [6, 6.07) is 0. The molecule has 1 amide bonds. The van der Waals surface area contributed by atoms with Gasteiger partial charge in [0.2, 0.25) is 5.91 Å². The molecule has 3 rings (SSSR count). The van der Waals surface area contributed by atoms with Gasteiger partial charge in [-0.05, 0) is 37.8 Å². The lowest BCUT2D eigenvalue weighted by molar-refractivity contribution is -0.126. The molecule has 3 aliphatic rings. The van der Waals surface area contributed by atoms with E-state index < -0.39 is 0 Å². The minimum atomic E-state index is 0.